The summed E-state index contributed by atoms with van der Waals surface area (Å²) < 4.78 is 10.0. The van der Waals surface area contributed by atoms with Gasteiger partial charge in [-0.3, -0.25) is 26.1 Å². The highest BCUT2D eigenvalue weighted by atomic mass is 32.1. The maximum atomic E-state index is 13.6. The Morgan fingerprint density at radius 3 is 1.81 bits per heavy atom. The van der Waals surface area contributed by atoms with Crippen LogP contribution < -0.4 is 33.1 Å². The summed E-state index contributed by atoms with van der Waals surface area (Å²) in [6.07, 6.45) is -0.415. The predicted octanol–water partition coefficient (Wildman–Crippen LogP) is 2.87. The Bertz CT molecular complexity index is 1790. The Hall–Kier alpha value is -5.48. The third-order valence-electron chi connectivity index (χ3n) is 6.96. The number of carbonyl (C=O) groups excluding carboxylic acids is 3. The largest absolute Gasteiger partial charge is 0.465 e. The minimum atomic E-state index is -0.816. The summed E-state index contributed by atoms with van der Waals surface area (Å²) >= 11 is 9.88. The minimum absolute atomic E-state index is 0.0484. The van der Waals surface area contributed by atoms with Crippen LogP contribution in [0.5, 0.6) is 0 Å². The van der Waals surface area contributed by atoms with E-state index in [4.69, 9.17) is 50.4 Å². The molecule has 3 rings (SSSR count). The molecule has 0 aliphatic heterocycles. The number of hydrogen-bond acceptors (Lipinski definition) is 10. The summed E-state index contributed by atoms with van der Waals surface area (Å²) in [5.74, 6) is -1.94. The number of rotatable bonds is 10. The van der Waals surface area contributed by atoms with Crippen molar-refractivity contribution < 1.29 is 23.9 Å². The van der Waals surface area contributed by atoms with E-state index in [1.807, 2.05) is 64.1 Å². The van der Waals surface area contributed by atoms with E-state index >= 15 is 0 Å². The molecule has 0 saturated heterocycles. The van der Waals surface area contributed by atoms with E-state index in [9.17, 15) is 14.4 Å². The van der Waals surface area contributed by atoms with Gasteiger partial charge < -0.3 is 26.3 Å². The summed E-state index contributed by atoms with van der Waals surface area (Å²) in [5, 5.41) is 6.72. The van der Waals surface area contributed by atoms with E-state index in [2.05, 4.69) is 31.7 Å². The number of amidine groups is 1. The lowest BCUT2D eigenvalue weighted by molar-refractivity contribution is -0.110. The minimum Gasteiger partial charge on any atom is -0.465 e. The first-order valence-electron chi connectivity index (χ1n) is 14.4. The monoisotopic (exact) mass is 691 g/mol. The van der Waals surface area contributed by atoms with Gasteiger partial charge in [0.2, 0.25) is 0 Å². The Morgan fingerprint density at radius 1 is 0.792 bits per heavy atom. The fourth-order valence-electron chi connectivity index (χ4n) is 4.61. The first-order valence-corrected chi connectivity index (χ1v) is 15.2. The first-order chi connectivity index (χ1) is 22.7. The molecular weight excluding hydrogens is 655 g/mol. The van der Waals surface area contributed by atoms with E-state index < -0.39 is 17.8 Å². The van der Waals surface area contributed by atoms with Crippen molar-refractivity contribution in [3.8, 4) is 0 Å². The average molecular weight is 692 g/mol. The predicted molar refractivity (Wildman–Crippen MR) is 192 cm³/mol. The number of anilines is 1. The van der Waals surface area contributed by atoms with Crippen LogP contribution >= 0.6 is 24.4 Å². The molecule has 0 bridgehead atoms. The molecule has 1 heterocycles. The number of hydrazone groups is 1. The molecule has 14 nitrogen and oxygen atoms in total. The van der Waals surface area contributed by atoms with Gasteiger partial charge in [0, 0.05) is 12.1 Å². The van der Waals surface area contributed by atoms with Gasteiger partial charge in [-0.15, -0.1) is 0 Å². The Balaban J connectivity index is 2.21. The van der Waals surface area contributed by atoms with Crippen LogP contribution in [0.4, 0.5) is 11.4 Å². The summed E-state index contributed by atoms with van der Waals surface area (Å²) in [6.45, 7) is 7.49. The van der Waals surface area contributed by atoms with Gasteiger partial charge >= 0.3 is 11.9 Å². The van der Waals surface area contributed by atoms with Crippen LogP contribution in [0.15, 0.2) is 52.6 Å². The van der Waals surface area contributed by atoms with Crippen molar-refractivity contribution in [1.29, 1.82) is 0 Å². The second kappa shape index (κ2) is 16.9. The number of amides is 1. The van der Waals surface area contributed by atoms with Crippen molar-refractivity contribution in [2.75, 3.05) is 19.5 Å². The first kappa shape index (κ1) is 37.0. The maximum absolute atomic E-state index is 13.6. The third-order valence-corrected chi connectivity index (χ3v) is 7.15. The van der Waals surface area contributed by atoms with Crippen LogP contribution in [0, 0.1) is 27.7 Å². The van der Waals surface area contributed by atoms with Crippen molar-refractivity contribution in [2.45, 2.75) is 40.5 Å². The van der Waals surface area contributed by atoms with Crippen molar-refractivity contribution in [2.24, 2.45) is 21.6 Å². The number of benzene rings is 2. The van der Waals surface area contributed by atoms with Crippen LogP contribution in [0.1, 0.15) is 54.4 Å². The van der Waals surface area contributed by atoms with Crippen LogP contribution in [-0.4, -0.2) is 58.8 Å². The maximum Gasteiger partial charge on any atom is 0.339 e. The second-order valence-electron chi connectivity index (χ2n) is 10.5. The quantitative estimate of drug-likeness (QED) is 0.0595. The smallest absolute Gasteiger partial charge is 0.339 e. The molecule has 48 heavy (non-hydrogen) atoms. The Morgan fingerprint density at radius 2 is 1.31 bits per heavy atom. The standard InChI is InChI=1S/C32H37N9O5S2/c1-16-9-7-10-17(2)26(16)36-25(39-41-32(34)48)15-23-21(30(44)46-6)13-20(29(43)45-5)22(35-23)14-24(38-40-31(33)47)28(42)37-27-18(3)11-8-12-19(27)4/h7-13H,14-15H2,1-6H3,(H,36,39)(H,37,42)(H3,33,40,47)(H3,34,41,48)/b38-24-. The van der Waals surface area contributed by atoms with Gasteiger partial charge in [0.15, 0.2) is 10.2 Å². The molecule has 2 aromatic carbocycles. The van der Waals surface area contributed by atoms with Gasteiger partial charge in [-0.1, -0.05) is 36.4 Å². The number of nitrogens with one attached hydrogen (secondary N) is 4. The molecule has 0 aliphatic rings. The Kier molecular flexibility index (Phi) is 13.0. The summed E-state index contributed by atoms with van der Waals surface area (Å²) in [4.78, 5) is 49.2. The molecule has 0 spiro atoms. The highest BCUT2D eigenvalue weighted by Gasteiger charge is 2.26. The van der Waals surface area contributed by atoms with Crippen molar-refractivity contribution in [1.82, 2.24) is 21.3 Å². The fourth-order valence-corrected chi connectivity index (χ4v) is 4.70. The molecule has 16 heteroatoms. The zero-order chi connectivity index (χ0) is 35.5. The number of aryl methyl sites for hydroxylation is 4. The topological polar surface area (TPSA) is 207 Å². The number of thiocarbonyl (C=S) groups is 2. The second-order valence-corrected chi connectivity index (χ2v) is 11.4. The van der Waals surface area contributed by atoms with Gasteiger partial charge in [-0.2, -0.15) is 5.10 Å². The number of nitrogens with two attached hydrogens (primary N) is 2. The molecule has 0 aliphatic carbocycles. The number of aromatic nitrogens is 1. The molecule has 0 fully saturated rings. The van der Waals surface area contributed by atoms with Crippen LogP contribution in [0.25, 0.3) is 0 Å². The van der Waals surface area contributed by atoms with E-state index in [1.54, 1.807) is 0 Å². The normalized spacial score (nSPS) is 11.3. The molecule has 1 aromatic heterocycles. The van der Waals surface area contributed by atoms with E-state index in [1.165, 1.54) is 20.3 Å². The van der Waals surface area contributed by atoms with Crippen LogP contribution in [0.3, 0.4) is 0 Å². The van der Waals surface area contributed by atoms with Crippen molar-refractivity contribution >= 4 is 75.4 Å². The number of nitrogens with zero attached hydrogens (tertiary/aromatic N) is 3. The molecule has 0 radical (unpaired) electrons. The van der Waals surface area contributed by atoms with Gasteiger partial charge in [0.1, 0.15) is 11.5 Å². The summed E-state index contributed by atoms with van der Waals surface area (Å²) in [6, 6.07) is 12.5. The number of methoxy groups -OCH3 is 2. The van der Waals surface area contributed by atoms with Crippen LogP contribution in [0.2, 0.25) is 0 Å². The summed E-state index contributed by atoms with van der Waals surface area (Å²) in [7, 11) is 2.37. The zero-order valence-electron chi connectivity index (χ0n) is 27.3. The van der Waals surface area contributed by atoms with Crippen LogP contribution in [-0.2, 0) is 27.1 Å². The average Bonchev–Trinajstić information content (AvgIpc) is 3.04. The molecule has 252 valence electrons. The number of esters is 2. The van der Waals surface area contributed by atoms with E-state index in [0.717, 1.165) is 22.3 Å². The summed E-state index contributed by atoms with van der Waals surface area (Å²) in [5.41, 5.74) is 23.8. The SMILES string of the molecule is COC(=O)c1cc(C(=O)OC)c(C/C(=N/NC(N)=S)C(=O)Nc2c(C)cccc2C)nc1CC(=Nc1c(C)cccc1C)NNC(N)=S. The highest BCUT2D eigenvalue weighted by Crippen LogP contribution is 2.25. The molecule has 0 saturated carbocycles. The highest BCUT2D eigenvalue weighted by molar-refractivity contribution is 7.80. The molecular formula is C32H37N9O5S2. The van der Waals surface area contributed by atoms with E-state index in [0.29, 0.717) is 11.4 Å². The van der Waals surface area contributed by atoms with Crippen molar-refractivity contribution in [3.05, 3.63) is 87.2 Å². The van der Waals surface area contributed by atoms with Gasteiger partial charge in [0.05, 0.1) is 48.8 Å². The molecule has 0 unspecified atom stereocenters. The molecule has 8 N–H and O–H groups in total. The molecule has 0 atom stereocenters. The number of hydrazine groups is 1. The van der Waals surface area contributed by atoms with Crippen molar-refractivity contribution in [3.63, 3.8) is 0 Å². The van der Waals surface area contributed by atoms with Gasteiger partial charge in [-0.25, -0.2) is 14.6 Å². The fraction of sp³-hybridized carbons (Fsp3) is 0.250. The van der Waals surface area contributed by atoms with E-state index in [-0.39, 0.29) is 57.1 Å². The number of para-hydroxylation sites is 2. The zero-order valence-corrected chi connectivity index (χ0v) is 28.9. The van der Waals surface area contributed by atoms with Gasteiger partial charge in [-0.05, 0) is 80.5 Å². The lowest BCUT2D eigenvalue weighted by Crippen LogP contribution is -2.45. The molecule has 1 amide bonds. The number of ether oxygens (including phenoxy) is 2. The lowest BCUT2D eigenvalue weighted by atomic mass is 10.0. The molecule has 3 aromatic rings. The number of carbonyl (C=O) groups is 3. The number of pyridine rings is 1. The number of aliphatic imine (C=N–C) groups is 1. The lowest BCUT2D eigenvalue weighted by Gasteiger charge is -2.17. The third kappa shape index (κ3) is 9.76. The van der Waals surface area contributed by atoms with Gasteiger partial charge in [0.25, 0.3) is 5.91 Å². The number of hydrogen-bond donors (Lipinski definition) is 6. The Labute approximate surface area is 288 Å².